The molecule has 2 atom stereocenters. The van der Waals surface area contributed by atoms with Crippen LogP contribution in [0, 0.1) is 5.92 Å². The Morgan fingerprint density at radius 1 is 1.26 bits per heavy atom. The van der Waals surface area contributed by atoms with Crippen molar-refractivity contribution in [2.45, 2.75) is 45.1 Å². The predicted octanol–water partition coefficient (Wildman–Crippen LogP) is 3.93. The molecule has 1 fully saturated rings. The van der Waals surface area contributed by atoms with Crippen LogP contribution in [-0.2, 0) is 6.42 Å². The van der Waals surface area contributed by atoms with E-state index in [0.717, 1.165) is 23.7 Å². The molecule has 1 saturated carbocycles. The maximum absolute atomic E-state index is 12.2. The Labute approximate surface area is 124 Å². The van der Waals surface area contributed by atoms with Crippen LogP contribution in [-0.4, -0.2) is 17.3 Å². The Morgan fingerprint density at radius 2 is 1.95 bits per heavy atom. The zero-order valence-corrected chi connectivity index (χ0v) is 13.1. The molecule has 1 aliphatic rings. The van der Waals surface area contributed by atoms with E-state index in [-0.39, 0.29) is 5.91 Å². The molecule has 1 amide bonds. The minimum Gasteiger partial charge on any atom is -0.349 e. The molecular weight excluding hydrogens is 302 g/mol. The van der Waals surface area contributed by atoms with Crippen molar-refractivity contribution in [3.63, 3.8) is 0 Å². The molecule has 0 aromatic heterocycles. The first kappa shape index (κ1) is 14.6. The zero-order chi connectivity index (χ0) is 13.7. The fourth-order valence-corrected chi connectivity index (χ4v) is 3.50. The van der Waals surface area contributed by atoms with Gasteiger partial charge in [0.2, 0.25) is 0 Å². The summed E-state index contributed by atoms with van der Waals surface area (Å²) in [6.45, 7) is 2.12. The highest BCUT2D eigenvalue weighted by Gasteiger charge is 2.25. The normalized spacial score (nSPS) is 23.1. The highest BCUT2D eigenvalue weighted by Crippen LogP contribution is 2.26. The topological polar surface area (TPSA) is 29.1 Å². The molecule has 104 valence electrons. The number of carbonyl (C=O) groups excluding carboxylic acids is 1. The standard InChI is InChI=1S/C16H22BrNO/c1-2-12-7-9-13(10-8-12)16(19)18-15-6-4-3-5-14(15)11-17/h7-10,14-15H,2-6,11H2,1H3,(H,18,19). The molecule has 2 nitrogen and oxygen atoms in total. The van der Waals surface area contributed by atoms with E-state index in [1.807, 2.05) is 24.3 Å². The molecule has 2 unspecified atom stereocenters. The van der Waals surface area contributed by atoms with Crippen molar-refractivity contribution < 1.29 is 4.79 Å². The van der Waals surface area contributed by atoms with Crippen LogP contribution in [0.15, 0.2) is 24.3 Å². The number of hydrogen-bond donors (Lipinski definition) is 1. The Bertz CT molecular complexity index is 415. The quantitative estimate of drug-likeness (QED) is 0.835. The first-order valence-corrected chi connectivity index (χ1v) is 8.32. The minimum absolute atomic E-state index is 0.0699. The third-order valence-electron chi connectivity index (χ3n) is 4.05. The van der Waals surface area contributed by atoms with Gasteiger partial charge in [0.15, 0.2) is 0 Å². The van der Waals surface area contributed by atoms with Gasteiger partial charge >= 0.3 is 0 Å². The van der Waals surface area contributed by atoms with E-state index in [2.05, 4.69) is 28.2 Å². The molecule has 0 saturated heterocycles. The SMILES string of the molecule is CCc1ccc(C(=O)NC2CCCCC2CBr)cc1. The fourth-order valence-electron chi connectivity index (χ4n) is 2.73. The lowest BCUT2D eigenvalue weighted by molar-refractivity contribution is 0.0911. The minimum atomic E-state index is 0.0699. The summed E-state index contributed by atoms with van der Waals surface area (Å²) in [6.07, 6.45) is 5.84. The van der Waals surface area contributed by atoms with Gasteiger partial charge in [0.25, 0.3) is 5.91 Å². The molecule has 0 bridgehead atoms. The van der Waals surface area contributed by atoms with Gasteiger partial charge in [-0.2, -0.15) is 0 Å². The summed E-state index contributed by atoms with van der Waals surface area (Å²) in [6, 6.07) is 8.27. The Kier molecular flexibility index (Phi) is 5.44. The van der Waals surface area contributed by atoms with Crippen molar-refractivity contribution in [3.8, 4) is 0 Å². The van der Waals surface area contributed by atoms with E-state index in [1.165, 1.54) is 24.8 Å². The van der Waals surface area contributed by atoms with Crippen LogP contribution in [0.3, 0.4) is 0 Å². The molecular formula is C16H22BrNO. The van der Waals surface area contributed by atoms with Crippen molar-refractivity contribution in [1.29, 1.82) is 0 Å². The highest BCUT2D eigenvalue weighted by atomic mass is 79.9. The lowest BCUT2D eigenvalue weighted by Crippen LogP contribution is -2.42. The number of halogens is 1. The van der Waals surface area contributed by atoms with E-state index >= 15 is 0 Å². The number of alkyl halides is 1. The fraction of sp³-hybridized carbons (Fsp3) is 0.562. The van der Waals surface area contributed by atoms with E-state index < -0.39 is 0 Å². The number of nitrogens with one attached hydrogen (secondary N) is 1. The summed E-state index contributed by atoms with van der Waals surface area (Å²) < 4.78 is 0. The first-order chi connectivity index (χ1) is 9.24. The predicted molar refractivity (Wildman–Crippen MR) is 82.8 cm³/mol. The van der Waals surface area contributed by atoms with Crippen molar-refractivity contribution in [1.82, 2.24) is 5.32 Å². The molecule has 0 aliphatic heterocycles. The summed E-state index contributed by atoms with van der Waals surface area (Å²) >= 11 is 3.57. The van der Waals surface area contributed by atoms with Gasteiger partial charge < -0.3 is 5.32 Å². The Balaban J connectivity index is 1.98. The van der Waals surface area contributed by atoms with Crippen LogP contribution in [0.25, 0.3) is 0 Å². The first-order valence-electron chi connectivity index (χ1n) is 7.20. The maximum atomic E-state index is 12.2. The van der Waals surface area contributed by atoms with Gasteiger partial charge in [0.05, 0.1) is 0 Å². The lowest BCUT2D eigenvalue weighted by atomic mass is 9.86. The summed E-state index contributed by atoms with van der Waals surface area (Å²) in [5, 5.41) is 4.18. The molecule has 0 radical (unpaired) electrons. The Hall–Kier alpha value is -0.830. The van der Waals surface area contributed by atoms with Crippen LogP contribution in [0.2, 0.25) is 0 Å². The van der Waals surface area contributed by atoms with Gasteiger partial charge in [0.1, 0.15) is 0 Å². The number of amides is 1. The number of carbonyl (C=O) groups is 1. The summed E-state index contributed by atoms with van der Waals surface area (Å²) in [5.41, 5.74) is 2.05. The van der Waals surface area contributed by atoms with Gasteiger partial charge in [-0.15, -0.1) is 0 Å². The molecule has 19 heavy (non-hydrogen) atoms. The summed E-state index contributed by atoms with van der Waals surface area (Å²) in [5.74, 6) is 0.646. The van der Waals surface area contributed by atoms with E-state index in [9.17, 15) is 4.79 Å². The summed E-state index contributed by atoms with van der Waals surface area (Å²) in [4.78, 5) is 12.2. The summed E-state index contributed by atoms with van der Waals surface area (Å²) in [7, 11) is 0. The van der Waals surface area contributed by atoms with Crippen molar-refractivity contribution in [2.75, 3.05) is 5.33 Å². The molecule has 0 spiro atoms. The molecule has 1 aliphatic carbocycles. The van der Waals surface area contributed by atoms with Crippen LogP contribution in [0.5, 0.6) is 0 Å². The molecule has 1 aromatic carbocycles. The molecule has 2 rings (SSSR count). The van der Waals surface area contributed by atoms with Gasteiger partial charge in [-0.25, -0.2) is 0 Å². The average molecular weight is 324 g/mol. The second kappa shape index (κ2) is 7.09. The number of hydrogen-bond acceptors (Lipinski definition) is 1. The second-order valence-electron chi connectivity index (χ2n) is 5.33. The second-order valence-corrected chi connectivity index (χ2v) is 5.98. The van der Waals surface area contributed by atoms with Crippen LogP contribution < -0.4 is 5.32 Å². The van der Waals surface area contributed by atoms with Gasteiger partial charge in [-0.1, -0.05) is 47.8 Å². The van der Waals surface area contributed by atoms with Gasteiger partial charge in [0, 0.05) is 16.9 Å². The number of benzene rings is 1. The van der Waals surface area contributed by atoms with Gasteiger partial charge in [-0.3, -0.25) is 4.79 Å². The number of aryl methyl sites for hydroxylation is 1. The Morgan fingerprint density at radius 3 is 2.58 bits per heavy atom. The molecule has 1 N–H and O–H groups in total. The smallest absolute Gasteiger partial charge is 0.251 e. The molecule has 0 heterocycles. The van der Waals surface area contributed by atoms with Crippen molar-refractivity contribution in [2.24, 2.45) is 5.92 Å². The average Bonchev–Trinajstić information content (AvgIpc) is 2.48. The molecule has 1 aromatic rings. The lowest BCUT2D eigenvalue weighted by Gasteiger charge is -2.31. The number of rotatable bonds is 4. The maximum Gasteiger partial charge on any atom is 0.251 e. The largest absolute Gasteiger partial charge is 0.349 e. The van der Waals surface area contributed by atoms with Crippen molar-refractivity contribution >= 4 is 21.8 Å². The highest BCUT2D eigenvalue weighted by molar-refractivity contribution is 9.09. The van der Waals surface area contributed by atoms with Crippen LogP contribution in [0.4, 0.5) is 0 Å². The van der Waals surface area contributed by atoms with Crippen LogP contribution >= 0.6 is 15.9 Å². The zero-order valence-electron chi connectivity index (χ0n) is 11.5. The third kappa shape index (κ3) is 3.82. The van der Waals surface area contributed by atoms with E-state index in [1.54, 1.807) is 0 Å². The third-order valence-corrected chi connectivity index (χ3v) is 4.88. The van der Waals surface area contributed by atoms with Gasteiger partial charge in [-0.05, 0) is 42.9 Å². The van der Waals surface area contributed by atoms with Crippen LogP contribution in [0.1, 0.15) is 48.5 Å². The van der Waals surface area contributed by atoms with Crippen molar-refractivity contribution in [3.05, 3.63) is 35.4 Å². The van der Waals surface area contributed by atoms with E-state index in [4.69, 9.17) is 0 Å². The monoisotopic (exact) mass is 323 g/mol. The van der Waals surface area contributed by atoms with E-state index in [0.29, 0.717) is 12.0 Å². The molecule has 3 heteroatoms.